The van der Waals surface area contributed by atoms with Gasteiger partial charge in [-0.15, -0.1) is 0 Å². The number of hydrogen-bond donors (Lipinski definition) is 2. The average molecular weight is 282 g/mol. The van der Waals surface area contributed by atoms with Crippen molar-refractivity contribution in [3.05, 3.63) is 29.6 Å². The molecule has 20 heavy (non-hydrogen) atoms. The summed E-state index contributed by atoms with van der Waals surface area (Å²) >= 11 is 0. The predicted octanol–water partition coefficient (Wildman–Crippen LogP) is 2.92. The highest BCUT2D eigenvalue weighted by Gasteiger charge is 2.12. The number of nitrogens with one attached hydrogen (secondary N) is 1. The van der Waals surface area contributed by atoms with E-state index in [4.69, 9.17) is 0 Å². The van der Waals surface area contributed by atoms with Crippen molar-refractivity contribution in [1.29, 1.82) is 0 Å². The van der Waals surface area contributed by atoms with E-state index in [9.17, 15) is 9.50 Å². The Morgan fingerprint density at radius 1 is 1.30 bits per heavy atom. The number of halogens is 1. The minimum Gasteiger partial charge on any atom is -0.395 e. The Kier molecular flexibility index (Phi) is 7.55. The highest BCUT2D eigenvalue weighted by Crippen LogP contribution is 2.22. The Morgan fingerprint density at radius 2 is 2.05 bits per heavy atom. The number of anilines is 1. The third-order valence-electron chi connectivity index (χ3n) is 3.23. The molecule has 0 saturated heterocycles. The second-order valence-electron chi connectivity index (χ2n) is 5.37. The van der Waals surface area contributed by atoms with Crippen LogP contribution in [0, 0.1) is 5.82 Å². The average Bonchev–Trinajstić information content (AvgIpc) is 2.41. The summed E-state index contributed by atoms with van der Waals surface area (Å²) in [6, 6.07) is 5.25. The number of rotatable bonds is 9. The summed E-state index contributed by atoms with van der Waals surface area (Å²) in [6.45, 7) is 8.50. The van der Waals surface area contributed by atoms with Crippen molar-refractivity contribution >= 4 is 5.69 Å². The standard InChI is InChI=1S/C16H27FN2O/c1-4-5-8-19(9-10-20)16-7-6-15(17)11-14(16)12-18-13(2)3/h6-7,11,13,18,20H,4-5,8-10,12H2,1-3H3. The zero-order valence-corrected chi connectivity index (χ0v) is 12.8. The van der Waals surface area contributed by atoms with Crippen LogP contribution in [0.15, 0.2) is 18.2 Å². The summed E-state index contributed by atoms with van der Waals surface area (Å²) in [4.78, 5) is 2.14. The van der Waals surface area contributed by atoms with Gasteiger partial charge < -0.3 is 15.3 Å². The van der Waals surface area contributed by atoms with Gasteiger partial charge in [-0.1, -0.05) is 27.2 Å². The third kappa shape index (κ3) is 5.47. The van der Waals surface area contributed by atoms with Gasteiger partial charge in [-0.05, 0) is 30.2 Å². The molecule has 0 aromatic heterocycles. The lowest BCUT2D eigenvalue weighted by Crippen LogP contribution is -2.30. The highest BCUT2D eigenvalue weighted by atomic mass is 19.1. The first-order valence-electron chi connectivity index (χ1n) is 7.46. The van der Waals surface area contributed by atoms with E-state index in [-0.39, 0.29) is 12.4 Å². The molecule has 0 atom stereocenters. The topological polar surface area (TPSA) is 35.5 Å². The summed E-state index contributed by atoms with van der Waals surface area (Å²) < 4.78 is 13.5. The molecule has 0 spiro atoms. The van der Waals surface area contributed by atoms with Gasteiger partial charge in [-0.25, -0.2) is 4.39 Å². The van der Waals surface area contributed by atoms with E-state index in [0.717, 1.165) is 30.6 Å². The minimum absolute atomic E-state index is 0.109. The normalized spacial score (nSPS) is 11.1. The number of benzene rings is 1. The van der Waals surface area contributed by atoms with E-state index in [1.807, 2.05) is 6.07 Å². The number of aliphatic hydroxyl groups is 1. The second-order valence-corrected chi connectivity index (χ2v) is 5.37. The monoisotopic (exact) mass is 282 g/mol. The van der Waals surface area contributed by atoms with Crippen molar-refractivity contribution in [3.63, 3.8) is 0 Å². The molecule has 3 nitrogen and oxygen atoms in total. The van der Waals surface area contributed by atoms with Gasteiger partial charge >= 0.3 is 0 Å². The molecular formula is C16H27FN2O. The van der Waals surface area contributed by atoms with Crippen molar-refractivity contribution in [2.24, 2.45) is 0 Å². The summed E-state index contributed by atoms with van der Waals surface area (Å²) in [7, 11) is 0. The molecule has 0 radical (unpaired) electrons. The van der Waals surface area contributed by atoms with Crippen LogP contribution in [0.1, 0.15) is 39.2 Å². The van der Waals surface area contributed by atoms with Crippen molar-refractivity contribution in [2.75, 3.05) is 24.6 Å². The maximum Gasteiger partial charge on any atom is 0.123 e. The maximum atomic E-state index is 13.5. The van der Waals surface area contributed by atoms with Crippen LogP contribution in [0.4, 0.5) is 10.1 Å². The van der Waals surface area contributed by atoms with Gasteiger partial charge in [-0.2, -0.15) is 0 Å². The molecule has 1 rings (SSSR count). The highest BCUT2D eigenvalue weighted by molar-refractivity contribution is 5.54. The smallest absolute Gasteiger partial charge is 0.123 e. The molecule has 0 aliphatic rings. The molecule has 0 unspecified atom stereocenters. The molecule has 0 aliphatic carbocycles. The van der Waals surface area contributed by atoms with E-state index in [1.165, 1.54) is 6.07 Å². The molecule has 2 N–H and O–H groups in total. The SMILES string of the molecule is CCCCN(CCO)c1ccc(F)cc1CNC(C)C. The van der Waals surface area contributed by atoms with Crippen LogP contribution < -0.4 is 10.2 Å². The van der Waals surface area contributed by atoms with E-state index in [1.54, 1.807) is 6.07 Å². The molecule has 0 saturated carbocycles. The van der Waals surface area contributed by atoms with Gasteiger partial charge in [-0.3, -0.25) is 0 Å². The first-order chi connectivity index (χ1) is 9.58. The van der Waals surface area contributed by atoms with Gasteiger partial charge in [0.25, 0.3) is 0 Å². The fourth-order valence-corrected chi connectivity index (χ4v) is 2.14. The summed E-state index contributed by atoms with van der Waals surface area (Å²) in [5.41, 5.74) is 1.96. The zero-order valence-electron chi connectivity index (χ0n) is 12.8. The van der Waals surface area contributed by atoms with Crippen LogP contribution in [0.5, 0.6) is 0 Å². The lowest BCUT2D eigenvalue weighted by Gasteiger charge is -2.27. The minimum atomic E-state index is -0.214. The van der Waals surface area contributed by atoms with Crippen LogP contribution in [-0.4, -0.2) is 30.8 Å². The van der Waals surface area contributed by atoms with Crippen molar-refractivity contribution in [2.45, 2.75) is 46.2 Å². The molecule has 0 heterocycles. The van der Waals surface area contributed by atoms with Crippen LogP contribution in [0.2, 0.25) is 0 Å². The molecule has 4 heteroatoms. The molecule has 1 aromatic carbocycles. The Labute approximate surface area is 121 Å². The second kappa shape index (κ2) is 8.93. The van der Waals surface area contributed by atoms with Gasteiger partial charge in [0.2, 0.25) is 0 Å². The Hall–Kier alpha value is -1.13. The molecule has 0 fully saturated rings. The van der Waals surface area contributed by atoms with Crippen LogP contribution in [0.3, 0.4) is 0 Å². The van der Waals surface area contributed by atoms with Crippen LogP contribution in [-0.2, 0) is 6.54 Å². The Bertz CT molecular complexity index is 396. The summed E-state index contributed by atoms with van der Waals surface area (Å²) in [5, 5.41) is 12.6. The van der Waals surface area contributed by atoms with E-state index in [2.05, 4.69) is 31.0 Å². The van der Waals surface area contributed by atoms with Crippen molar-refractivity contribution < 1.29 is 9.50 Å². The number of nitrogens with zero attached hydrogens (tertiary/aromatic N) is 1. The summed E-state index contributed by atoms with van der Waals surface area (Å²) in [5.74, 6) is -0.214. The first kappa shape index (κ1) is 16.9. The Morgan fingerprint density at radius 3 is 2.65 bits per heavy atom. The first-order valence-corrected chi connectivity index (χ1v) is 7.46. The quantitative estimate of drug-likeness (QED) is 0.731. The molecule has 114 valence electrons. The molecule has 1 aromatic rings. The molecule has 0 bridgehead atoms. The zero-order chi connectivity index (χ0) is 15.0. The van der Waals surface area contributed by atoms with Gasteiger partial charge in [0.05, 0.1) is 6.61 Å². The maximum absolute atomic E-state index is 13.5. The lowest BCUT2D eigenvalue weighted by molar-refractivity contribution is 0.301. The van der Waals surface area contributed by atoms with Gasteiger partial charge in [0, 0.05) is 31.4 Å². The van der Waals surface area contributed by atoms with E-state index >= 15 is 0 Å². The van der Waals surface area contributed by atoms with Gasteiger partial charge in [0.1, 0.15) is 5.82 Å². The van der Waals surface area contributed by atoms with E-state index in [0.29, 0.717) is 19.1 Å². The predicted molar refractivity (Wildman–Crippen MR) is 82.6 cm³/mol. The molecule has 0 aliphatic heterocycles. The third-order valence-corrected chi connectivity index (χ3v) is 3.23. The van der Waals surface area contributed by atoms with Crippen LogP contribution in [0.25, 0.3) is 0 Å². The van der Waals surface area contributed by atoms with Crippen molar-refractivity contribution in [3.8, 4) is 0 Å². The van der Waals surface area contributed by atoms with Crippen molar-refractivity contribution in [1.82, 2.24) is 5.32 Å². The van der Waals surface area contributed by atoms with E-state index < -0.39 is 0 Å². The number of unbranched alkanes of at least 4 members (excludes halogenated alkanes) is 1. The largest absolute Gasteiger partial charge is 0.395 e. The Balaban J connectivity index is 2.92. The van der Waals surface area contributed by atoms with Gasteiger partial charge in [0.15, 0.2) is 0 Å². The fraction of sp³-hybridized carbons (Fsp3) is 0.625. The summed E-state index contributed by atoms with van der Waals surface area (Å²) in [6.07, 6.45) is 2.16. The molecular weight excluding hydrogens is 255 g/mol. The fourth-order valence-electron chi connectivity index (χ4n) is 2.14. The molecule has 0 amide bonds. The van der Waals surface area contributed by atoms with Crippen LogP contribution >= 0.6 is 0 Å². The lowest BCUT2D eigenvalue weighted by atomic mass is 10.1. The number of hydrogen-bond acceptors (Lipinski definition) is 3. The number of aliphatic hydroxyl groups excluding tert-OH is 1.